The van der Waals surface area contributed by atoms with E-state index in [0.717, 1.165) is 27.0 Å². The summed E-state index contributed by atoms with van der Waals surface area (Å²) in [7, 11) is -3.87. The first-order valence-electron chi connectivity index (χ1n) is 10.6. The minimum absolute atomic E-state index is 0.0688. The van der Waals surface area contributed by atoms with Crippen LogP contribution in [0.25, 0.3) is 0 Å². The van der Waals surface area contributed by atoms with Gasteiger partial charge in [0.05, 0.1) is 11.9 Å². The molecule has 0 bridgehead atoms. The molecule has 2 aromatic carbocycles. The molecule has 2 rings (SSSR count). The molecule has 0 radical (unpaired) electrons. The molecule has 0 aliphatic rings. The molecule has 2 aromatic rings. The second kappa shape index (κ2) is 12.2. The van der Waals surface area contributed by atoms with Crippen LogP contribution < -0.4 is 9.62 Å². The average molecular weight is 593 g/mol. The average Bonchev–Trinajstić information content (AvgIpc) is 2.74. The fourth-order valence-corrected chi connectivity index (χ4v) is 4.74. The van der Waals surface area contributed by atoms with Gasteiger partial charge in [-0.25, -0.2) is 8.42 Å². The number of carbonyl (C=O) groups excluding carboxylic acids is 2. The lowest BCUT2D eigenvalue weighted by atomic mass is 10.1. The third-order valence-electron chi connectivity index (χ3n) is 5.25. The molecular weight excluding hydrogens is 565 g/mol. The smallest absolute Gasteiger partial charge is 0.244 e. The van der Waals surface area contributed by atoms with Gasteiger partial charge in [-0.2, -0.15) is 0 Å². The molecule has 0 heterocycles. The van der Waals surface area contributed by atoms with Gasteiger partial charge in [0.1, 0.15) is 12.6 Å². The summed E-state index contributed by atoms with van der Waals surface area (Å²) in [6.45, 7) is 5.04. The molecule has 0 aromatic heterocycles. The highest BCUT2D eigenvalue weighted by atomic mass is 79.9. The van der Waals surface area contributed by atoms with E-state index in [0.29, 0.717) is 0 Å². The zero-order chi connectivity index (χ0) is 25.6. The molecule has 2 amide bonds. The molecule has 1 N–H and O–H groups in total. The summed E-state index contributed by atoms with van der Waals surface area (Å²) in [5.41, 5.74) is 0.949. The SMILES string of the molecule is CC[C@H](C)NC(=O)[C@H](C)N(Cc1ccc(Br)cc1)C(=O)CN(c1cc(Cl)cc(Cl)c1)S(C)(=O)=O. The molecule has 0 unspecified atom stereocenters. The number of rotatable bonds is 10. The third kappa shape index (κ3) is 8.15. The molecule has 7 nitrogen and oxygen atoms in total. The van der Waals surface area contributed by atoms with Crippen LogP contribution in [0, 0.1) is 0 Å². The van der Waals surface area contributed by atoms with Crippen LogP contribution in [0.3, 0.4) is 0 Å². The lowest BCUT2D eigenvalue weighted by Gasteiger charge is -2.32. The number of hydrogen-bond acceptors (Lipinski definition) is 4. The summed E-state index contributed by atoms with van der Waals surface area (Å²) < 4.78 is 27.0. The van der Waals surface area contributed by atoms with Crippen LogP contribution in [0.2, 0.25) is 10.0 Å². The zero-order valence-electron chi connectivity index (χ0n) is 19.4. The normalized spacial score (nSPS) is 13.1. The van der Waals surface area contributed by atoms with Gasteiger partial charge in [0.25, 0.3) is 0 Å². The number of sulfonamides is 1. The fraction of sp³-hybridized carbons (Fsp3) is 0.391. The van der Waals surface area contributed by atoms with E-state index in [-0.39, 0.29) is 34.2 Å². The highest BCUT2D eigenvalue weighted by Crippen LogP contribution is 2.27. The van der Waals surface area contributed by atoms with E-state index in [1.807, 2.05) is 38.1 Å². The van der Waals surface area contributed by atoms with Crippen LogP contribution in [-0.2, 0) is 26.2 Å². The van der Waals surface area contributed by atoms with Gasteiger partial charge in [0.15, 0.2) is 0 Å². The Morgan fingerprint density at radius 1 is 1.06 bits per heavy atom. The summed E-state index contributed by atoms with van der Waals surface area (Å²) in [4.78, 5) is 27.7. The van der Waals surface area contributed by atoms with Crippen molar-refractivity contribution in [2.24, 2.45) is 0 Å². The Balaban J connectivity index is 2.41. The number of anilines is 1. The largest absolute Gasteiger partial charge is 0.352 e. The quantitative estimate of drug-likeness (QED) is 0.427. The van der Waals surface area contributed by atoms with E-state index in [2.05, 4.69) is 21.2 Å². The number of hydrogen-bond donors (Lipinski definition) is 1. The van der Waals surface area contributed by atoms with Crippen molar-refractivity contribution in [3.05, 3.63) is 62.5 Å². The number of carbonyl (C=O) groups is 2. The van der Waals surface area contributed by atoms with Crippen molar-refractivity contribution in [2.75, 3.05) is 17.1 Å². The highest BCUT2D eigenvalue weighted by molar-refractivity contribution is 9.10. The molecule has 0 saturated heterocycles. The van der Waals surface area contributed by atoms with Gasteiger partial charge in [-0.1, -0.05) is 58.2 Å². The first kappa shape index (κ1) is 28.4. The van der Waals surface area contributed by atoms with Gasteiger partial charge in [-0.15, -0.1) is 0 Å². The molecule has 0 spiro atoms. The summed E-state index contributed by atoms with van der Waals surface area (Å²) in [6, 6.07) is 10.7. The van der Waals surface area contributed by atoms with Crippen LogP contribution in [0.5, 0.6) is 0 Å². The van der Waals surface area contributed by atoms with Crippen molar-refractivity contribution < 1.29 is 18.0 Å². The second-order valence-electron chi connectivity index (χ2n) is 8.04. The molecule has 34 heavy (non-hydrogen) atoms. The number of halogens is 3. The number of amides is 2. The summed E-state index contributed by atoms with van der Waals surface area (Å²) >= 11 is 15.5. The molecular formula is C23H28BrCl2N3O4S. The Labute approximate surface area is 219 Å². The third-order valence-corrected chi connectivity index (χ3v) is 7.35. The number of benzene rings is 2. The lowest BCUT2D eigenvalue weighted by molar-refractivity contribution is -0.139. The van der Waals surface area contributed by atoms with Crippen LogP contribution in [0.15, 0.2) is 46.9 Å². The molecule has 0 saturated carbocycles. The molecule has 0 aliphatic carbocycles. The molecule has 0 fully saturated rings. The molecule has 0 aliphatic heterocycles. The fourth-order valence-electron chi connectivity index (χ4n) is 3.13. The minimum Gasteiger partial charge on any atom is -0.352 e. The van der Waals surface area contributed by atoms with Gasteiger partial charge in [0.2, 0.25) is 21.8 Å². The first-order chi connectivity index (χ1) is 15.8. The van der Waals surface area contributed by atoms with Gasteiger partial charge < -0.3 is 10.2 Å². The van der Waals surface area contributed by atoms with E-state index in [1.54, 1.807) is 6.92 Å². The van der Waals surface area contributed by atoms with Crippen LogP contribution in [-0.4, -0.2) is 50.0 Å². The monoisotopic (exact) mass is 591 g/mol. The Hall–Kier alpha value is -1.81. The predicted molar refractivity (Wildman–Crippen MR) is 141 cm³/mol. The van der Waals surface area contributed by atoms with Crippen LogP contribution in [0.4, 0.5) is 5.69 Å². The summed E-state index contributed by atoms with van der Waals surface area (Å²) in [5, 5.41) is 3.35. The van der Waals surface area contributed by atoms with Gasteiger partial charge in [-0.3, -0.25) is 13.9 Å². The van der Waals surface area contributed by atoms with Crippen LogP contribution in [0.1, 0.15) is 32.8 Å². The van der Waals surface area contributed by atoms with Crippen molar-refractivity contribution in [3.63, 3.8) is 0 Å². The van der Waals surface area contributed by atoms with E-state index >= 15 is 0 Å². The maximum atomic E-state index is 13.5. The number of nitrogens with one attached hydrogen (secondary N) is 1. The van der Waals surface area contributed by atoms with Gasteiger partial charge in [0, 0.05) is 27.1 Å². The number of nitrogens with zero attached hydrogens (tertiary/aromatic N) is 2. The van der Waals surface area contributed by atoms with Crippen molar-refractivity contribution in [1.82, 2.24) is 10.2 Å². The van der Waals surface area contributed by atoms with Crippen molar-refractivity contribution in [3.8, 4) is 0 Å². The Morgan fingerprint density at radius 3 is 2.12 bits per heavy atom. The lowest BCUT2D eigenvalue weighted by Crippen LogP contribution is -2.52. The molecule has 11 heteroatoms. The Morgan fingerprint density at radius 2 is 1.62 bits per heavy atom. The van der Waals surface area contributed by atoms with E-state index in [1.165, 1.54) is 23.1 Å². The topological polar surface area (TPSA) is 86.8 Å². The second-order valence-corrected chi connectivity index (χ2v) is 11.7. The van der Waals surface area contributed by atoms with Crippen molar-refractivity contribution in [2.45, 2.75) is 45.8 Å². The summed E-state index contributed by atoms with van der Waals surface area (Å²) in [5.74, 6) is -0.868. The Kier molecular flexibility index (Phi) is 10.2. The zero-order valence-corrected chi connectivity index (χ0v) is 23.3. The first-order valence-corrected chi connectivity index (χ1v) is 14.0. The van der Waals surface area contributed by atoms with Gasteiger partial charge in [-0.05, 0) is 56.2 Å². The van der Waals surface area contributed by atoms with Crippen molar-refractivity contribution >= 4 is 66.7 Å². The van der Waals surface area contributed by atoms with E-state index in [4.69, 9.17) is 23.2 Å². The maximum absolute atomic E-state index is 13.5. The summed E-state index contributed by atoms with van der Waals surface area (Å²) in [6.07, 6.45) is 1.73. The van der Waals surface area contributed by atoms with Crippen molar-refractivity contribution in [1.29, 1.82) is 0 Å². The maximum Gasteiger partial charge on any atom is 0.244 e. The highest BCUT2D eigenvalue weighted by Gasteiger charge is 2.30. The predicted octanol–water partition coefficient (Wildman–Crippen LogP) is 4.85. The Bertz CT molecular complexity index is 1110. The van der Waals surface area contributed by atoms with E-state index in [9.17, 15) is 18.0 Å². The standard InChI is InChI=1S/C23H28BrCl2N3O4S/c1-5-15(2)27-23(31)16(3)28(13-17-6-8-18(24)9-7-17)22(30)14-29(34(4,32)33)21-11-19(25)10-20(26)12-21/h6-12,15-16H,5,13-14H2,1-4H3,(H,27,31)/t15-,16-/m0/s1. The van der Waals surface area contributed by atoms with Crippen LogP contribution >= 0.6 is 39.1 Å². The van der Waals surface area contributed by atoms with Gasteiger partial charge >= 0.3 is 0 Å². The minimum atomic E-state index is -3.87. The molecule has 2 atom stereocenters. The van der Waals surface area contributed by atoms with E-state index < -0.39 is 28.5 Å². The molecule has 186 valence electrons.